The van der Waals surface area contributed by atoms with Crippen molar-refractivity contribution in [2.24, 2.45) is 7.05 Å². The van der Waals surface area contributed by atoms with Crippen LogP contribution in [0.3, 0.4) is 0 Å². The van der Waals surface area contributed by atoms with Crippen molar-refractivity contribution in [3.8, 4) is 0 Å². The van der Waals surface area contributed by atoms with E-state index in [0.717, 1.165) is 19.4 Å². The maximum atomic E-state index is 12.0. The fourth-order valence-electron chi connectivity index (χ4n) is 2.64. The summed E-state index contributed by atoms with van der Waals surface area (Å²) in [4.78, 5) is 30.3. The van der Waals surface area contributed by atoms with Crippen LogP contribution in [0, 0.1) is 0 Å². The molecule has 0 unspecified atom stereocenters. The number of rotatable bonds is 8. The number of halogens is 1. The van der Waals surface area contributed by atoms with Crippen molar-refractivity contribution in [3.63, 3.8) is 0 Å². The van der Waals surface area contributed by atoms with E-state index in [4.69, 9.17) is 0 Å². The van der Waals surface area contributed by atoms with Gasteiger partial charge in [0.05, 0.1) is 0 Å². The van der Waals surface area contributed by atoms with Crippen molar-refractivity contribution in [2.75, 3.05) is 0 Å². The van der Waals surface area contributed by atoms with Gasteiger partial charge in [-0.25, -0.2) is 9.78 Å². The van der Waals surface area contributed by atoms with Crippen molar-refractivity contribution >= 4 is 27.1 Å². The Balaban J connectivity index is 2.06. The van der Waals surface area contributed by atoms with E-state index in [1.54, 1.807) is 7.05 Å². The molecule has 2 aromatic rings. The summed E-state index contributed by atoms with van der Waals surface area (Å²) in [6.07, 6.45) is 8.50. The van der Waals surface area contributed by atoms with E-state index in [1.165, 1.54) is 36.7 Å². The number of H-pyrrole nitrogens is 1. The lowest BCUT2D eigenvalue weighted by Gasteiger charge is -2.06. The Morgan fingerprint density at radius 3 is 2.41 bits per heavy atom. The number of aromatic nitrogens is 4. The number of aromatic amines is 1. The minimum absolute atomic E-state index is 0.376. The molecule has 7 heteroatoms. The van der Waals surface area contributed by atoms with Crippen LogP contribution in [0.4, 0.5) is 0 Å². The van der Waals surface area contributed by atoms with E-state index >= 15 is 0 Å². The highest BCUT2D eigenvalue weighted by Crippen LogP contribution is 2.17. The average molecular weight is 371 g/mol. The molecule has 0 aromatic carbocycles. The van der Waals surface area contributed by atoms with Crippen LogP contribution in [-0.2, 0) is 13.6 Å². The zero-order chi connectivity index (χ0) is 16.1. The van der Waals surface area contributed by atoms with Gasteiger partial charge < -0.3 is 4.57 Å². The van der Waals surface area contributed by atoms with Crippen LogP contribution in [0.2, 0.25) is 0 Å². The maximum Gasteiger partial charge on any atom is 0.329 e. The normalized spacial score (nSPS) is 11.4. The standard InChI is InChI=1S/C15H23BrN4O2/c1-3-4-5-6-7-8-9-10-20-11-12(17-14(20)16)19(2)15(22)18-13(11)21/h3-10H2,1-2H3,(H,18,21,22). The highest BCUT2D eigenvalue weighted by atomic mass is 79.9. The molecule has 2 aromatic heterocycles. The molecule has 0 atom stereocenters. The smallest absolute Gasteiger partial charge is 0.313 e. The van der Waals surface area contributed by atoms with Gasteiger partial charge in [-0.05, 0) is 22.4 Å². The van der Waals surface area contributed by atoms with Gasteiger partial charge in [-0.15, -0.1) is 0 Å². The third-order valence-corrected chi connectivity index (χ3v) is 4.55. The fraction of sp³-hybridized carbons (Fsp3) is 0.667. The van der Waals surface area contributed by atoms with E-state index in [9.17, 15) is 9.59 Å². The molecule has 2 rings (SSSR count). The molecule has 122 valence electrons. The van der Waals surface area contributed by atoms with Crippen molar-refractivity contribution in [1.82, 2.24) is 19.1 Å². The second kappa shape index (κ2) is 7.76. The molecule has 0 aliphatic carbocycles. The van der Waals surface area contributed by atoms with Gasteiger partial charge in [-0.3, -0.25) is 14.3 Å². The van der Waals surface area contributed by atoms with E-state index in [0.29, 0.717) is 15.9 Å². The first-order valence-electron chi connectivity index (χ1n) is 7.91. The molecule has 0 aliphatic heterocycles. The van der Waals surface area contributed by atoms with E-state index in [-0.39, 0.29) is 5.56 Å². The summed E-state index contributed by atoms with van der Waals surface area (Å²) in [6.45, 7) is 2.94. The van der Waals surface area contributed by atoms with Crippen LogP contribution in [0.15, 0.2) is 14.3 Å². The van der Waals surface area contributed by atoms with Gasteiger partial charge in [0.15, 0.2) is 15.9 Å². The van der Waals surface area contributed by atoms with Crippen LogP contribution in [0.1, 0.15) is 51.9 Å². The Hall–Kier alpha value is -1.37. The molecule has 22 heavy (non-hydrogen) atoms. The molecule has 1 N–H and O–H groups in total. The topological polar surface area (TPSA) is 72.7 Å². The van der Waals surface area contributed by atoms with Gasteiger partial charge >= 0.3 is 5.69 Å². The maximum absolute atomic E-state index is 12.0. The van der Waals surface area contributed by atoms with Gasteiger partial charge in [0.1, 0.15) is 0 Å². The van der Waals surface area contributed by atoms with Crippen molar-refractivity contribution in [2.45, 2.75) is 58.4 Å². The first-order chi connectivity index (χ1) is 10.6. The second-order valence-electron chi connectivity index (χ2n) is 5.64. The Kier molecular flexibility index (Phi) is 5.99. The Labute approximate surface area is 137 Å². The first-order valence-corrected chi connectivity index (χ1v) is 8.70. The van der Waals surface area contributed by atoms with E-state index in [1.807, 2.05) is 4.57 Å². The molecule has 0 spiro atoms. The third-order valence-electron chi connectivity index (χ3n) is 3.95. The van der Waals surface area contributed by atoms with Gasteiger partial charge in [0.25, 0.3) is 5.56 Å². The van der Waals surface area contributed by atoms with Crippen LogP contribution in [0.5, 0.6) is 0 Å². The zero-order valence-corrected chi connectivity index (χ0v) is 14.8. The average Bonchev–Trinajstić information content (AvgIpc) is 2.81. The van der Waals surface area contributed by atoms with Gasteiger partial charge in [-0.1, -0.05) is 45.4 Å². The zero-order valence-electron chi connectivity index (χ0n) is 13.2. The van der Waals surface area contributed by atoms with E-state index < -0.39 is 5.69 Å². The lowest BCUT2D eigenvalue weighted by molar-refractivity contribution is 0.551. The number of aryl methyl sites for hydroxylation is 2. The third kappa shape index (κ3) is 3.69. The summed E-state index contributed by atoms with van der Waals surface area (Å²) < 4.78 is 3.81. The number of nitrogens with one attached hydrogen (secondary N) is 1. The SMILES string of the molecule is CCCCCCCCCn1c(Br)nc2c1c(=O)[nH]c(=O)n2C. The first kappa shape index (κ1) is 17.0. The molecule has 0 aliphatic rings. The summed E-state index contributed by atoms with van der Waals surface area (Å²) in [6, 6.07) is 0. The Morgan fingerprint density at radius 2 is 1.73 bits per heavy atom. The number of fused-ring (bicyclic) bond motifs is 1. The monoisotopic (exact) mass is 370 g/mol. The fourth-order valence-corrected chi connectivity index (χ4v) is 3.16. The van der Waals surface area contributed by atoms with Crippen LogP contribution in [0.25, 0.3) is 11.2 Å². The molecule has 0 radical (unpaired) electrons. The molecule has 0 bridgehead atoms. The van der Waals surface area contributed by atoms with Crippen LogP contribution < -0.4 is 11.2 Å². The Bertz CT molecular complexity index is 744. The van der Waals surface area contributed by atoms with Crippen molar-refractivity contribution in [1.29, 1.82) is 0 Å². The minimum atomic E-state index is -0.439. The Morgan fingerprint density at radius 1 is 1.09 bits per heavy atom. The number of hydrogen-bond donors (Lipinski definition) is 1. The summed E-state index contributed by atoms with van der Waals surface area (Å²) in [7, 11) is 1.61. The van der Waals surface area contributed by atoms with Gasteiger partial charge in [0, 0.05) is 13.6 Å². The summed E-state index contributed by atoms with van der Waals surface area (Å²) in [5.41, 5.74) is 0.0633. The number of nitrogens with zero attached hydrogens (tertiary/aromatic N) is 3. The van der Waals surface area contributed by atoms with Gasteiger partial charge in [0.2, 0.25) is 0 Å². The van der Waals surface area contributed by atoms with Crippen LogP contribution in [-0.4, -0.2) is 19.1 Å². The predicted molar refractivity (Wildman–Crippen MR) is 91.3 cm³/mol. The lowest BCUT2D eigenvalue weighted by Crippen LogP contribution is -2.29. The molecule has 0 saturated heterocycles. The quantitative estimate of drug-likeness (QED) is 0.573. The molecular weight excluding hydrogens is 348 g/mol. The van der Waals surface area contributed by atoms with Crippen molar-refractivity contribution in [3.05, 3.63) is 25.6 Å². The molecule has 2 heterocycles. The lowest BCUT2D eigenvalue weighted by atomic mass is 10.1. The molecule has 6 nitrogen and oxygen atoms in total. The summed E-state index contributed by atoms with van der Waals surface area (Å²) in [5, 5.41) is 0. The molecule has 0 amide bonds. The van der Waals surface area contributed by atoms with E-state index in [2.05, 4.69) is 32.8 Å². The number of hydrogen-bond acceptors (Lipinski definition) is 3. The number of unbranched alkanes of at least 4 members (excludes halogenated alkanes) is 6. The predicted octanol–water partition coefficient (Wildman–Crippen LogP) is 2.94. The summed E-state index contributed by atoms with van der Waals surface area (Å²) in [5.74, 6) is 0. The second-order valence-corrected chi connectivity index (χ2v) is 6.35. The van der Waals surface area contributed by atoms with Crippen molar-refractivity contribution < 1.29 is 0 Å². The van der Waals surface area contributed by atoms with Crippen LogP contribution >= 0.6 is 15.9 Å². The largest absolute Gasteiger partial charge is 0.329 e. The molecule has 0 saturated carbocycles. The highest BCUT2D eigenvalue weighted by molar-refractivity contribution is 9.10. The van der Waals surface area contributed by atoms with Gasteiger partial charge in [-0.2, -0.15) is 0 Å². The molecular formula is C15H23BrN4O2. The number of imidazole rings is 1. The highest BCUT2D eigenvalue weighted by Gasteiger charge is 2.15. The minimum Gasteiger partial charge on any atom is -0.313 e. The molecule has 0 fully saturated rings. The summed E-state index contributed by atoms with van der Waals surface area (Å²) >= 11 is 3.39.